The smallest absolute Gasteiger partial charge is 0.313 e. The van der Waals surface area contributed by atoms with Crippen LogP contribution in [0.5, 0.6) is 0 Å². The molecule has 2 aromatic rings. The van der Waals surface area contributed by atoms with Crippen molar-refractivity contribution in [3.63, 3.8) is 0 Å². The van der Waals surface area contributed by atoms with Crippen molar-refractivity contribution < 1.29 is 14.7 Å². The molecule has 0 radical (unpaired) electrons. The van der Waals surface area contributed by atoms with Crippen LogP contribution >= 0.6 is 0 Å². The van der Waals surface area contributed by atoms with Crippen molar-refractivity contribution in [1.82, 2.24) is 19.4 Å². The summed E-state index contributed by atoms with van der Waals surface area (Å²) in [6, 6.07) is 7.76. The molecule has 0 spiro atoms. The second-order valence-corrected chi connectivity index (χ2v) is 7.69. The van der Waals surface area contributed by atoms with Crippen LogP contribution in [0.3, 0.4) is 0 Å². The molecule has 1 N–H and O–H groups in total. The molecule has 0 bridgehead atoms. The average molecular weight is 356 g/mol. The molecule has 138 valence electrons. The first-order chi connectivity index (χ1) is 12.4. The maximum atomic E-state index is 13.0. The van der Waals surface area contributed by atoms with E-state index >= 15 is 0 Å². The van der Waals surface area contributed by atoms with E-state index in [9.17, 15) is 14.7 Å². The molecule has 2 aliphatic heterocycles. The number of carboxylic acid groups (broad SMARTS) is 1. The molecule has 1 aromatic heterocycles. The van der Waals surface area contributed by atoms with Gasteiger partial charge in [0.25, 0.3) is 0 Å². The second kappa shape index (κ2) is 6.09. The lowest BCUT2D eigenvalue weighted by Gasteiger charge is -2.39. The number of hydrogen-bond acceptors (Lipinski definition) is 4. The van der Waals surface area contributed by atoms with Crippen molar-refractivity contribution in [3.05, 3.63) is 30.1 Å². The van der Waals surface area contributed by atoms with Gasteiger partial charge in [-0.2, -0.15) is 0 Å². The van der Waals surface area contributed by atoms with Crippen LogP contribution < -0.4 is 0 Å². The minimum Gasteiger partial charge on any atom is -0.481 e. The topological polar surface area (TPSA) is 78.7 Å². The van der Waals surface area contributed by atoms with Crippen molar-refractivity contribution >= 4 is 22.9 Å². The molecule has 3 heterocycles. The quantitative estimate of drug-likeness (QED) is 0.894. The van der Waals surface area contributed by atoms with Gasteiger partial charge in [0.05, 0.1) is 11.0 Å². The number of amides is 1. The largest absolute Gasteiger partial charge is 0.481 e. The minimum atomic E-state index is -0.839. The number of likely N-dealkylation sites (tertiary alicyclic amines) is 2. The molecule has 2 aliphatic rings. The molecule has 26 heavy (non-hydrogen) atoms. The molecule has 0 saturated carbocycles. The molecular formula is C19H24N4O3. The Kier molecular flexibility index (Phi) is 3.99. The van der Waals surface area contributed by atoms with E-state index < -0.39 is 11.4 Å². The highest BCUT2D eigenvalue weighted by molar-refractivity contribution is 5.83. The maximum Gasteiger partial charge on any atom is 0.313 e. The first kappa shape index (κ1) is 17.0. The van der Waals surface area contributed by atoms with E-state index in [0.29, 0.717) is 19.6 Å². The number of nitrogens with zero attached hydrogens (tertiary/aromatic N) is 4. The summed E-state index contributed by atoms with van der Waals surface area (Å²) in [6.07, 6.45) is 0.819. The Balaban J connectivity index is 1.58. The highest BCUT2D eigenvalue weighted by Crippen LogP contribution is 2.42. The minimum absolute atomic E-state index is 0.0285. The SMILES string of the molecule is Cc1nc2ccccc2n1CC(=O)N1C[C@@H]2CCN(C)C[C@]2(C(=O)O)C1. The molecule has 2 saturated heterocycles. The van der Waals surface area contributed by atoms with Gasteiger partial charge in [0.1, 0.15) is 17.8 Å². The van der Waals surface area contributed by atoms with Crippen molar-refractivity contribution in [2.24, 2.45) is 11.3 Å². The van der Waals surface area contributed by atoms with Crippen LogP contribution in [0, 0.1) is 18.3 Å². The zero-order valence-corrected chi connectivity index (χ0v) is 15.2. The molecule has 7 nitrogen and oxygen atoms in total. The number of piperidine rings is 1. The van der Waals surface area contributed by atoms with Gasteiger partial charge in [0.15, 0.2) is 0 Å². The standard InChI is InChI=1S/C19H24N4O3/c1-13-20-15-5-3-4-6-16(15)23(13)10-17(24)22-9-14-7-8-21(2)11-19(14,12-22)18(25)26/h3-6,14H,7-12H2,1-2H3,(H,25,26)/t14-,19-/m0/s1. The van der Waals surface area contributed by atoms with Crippen molar-refractivity contribution in [3.8, 4) is 0 Å². The molecule has 2 fully saturated rings. The highest BCUT2D eigenvalue weighted by Gasteiger charge is 2.55. The van der Waals surface area contributed by atoms with E-state index in [-0.39, 0.29) is 18.4 Å². The Morgan fingerprint density at radius 2 is 2.08 bits per heavy atom. The number of rotatable bonds is 3. The van der Waals surface area contributed by atoms with Crippen LogP contribution in [0.25, 0.3) is 11.0 Å². The van der Waals surface area contributed by atoms with Crippen LogP contribution in [-0.4, -0.2) is 69.6 Å². The Bertz CT molecular complexity index is 877. The van der Waals surface area contributed by atoms with Crippen LogP contribution in [-0.2, 0) is 16.1 Å². The number of carboxylic acids is 1. The first-order valence-electron chi connectivity index (χ1n) is 9.02. The molecule has 1 aromatic carbocycles. The second-order valence-electron chi connectivity index (χ2n) is 7.69. The predicted molar refractivity (Wildman–Crippen MR) is 96.7 cm³/mol. The number of benzene rings is 1. The van der Waals surface area contributed by atoms with Gasteiger partial charge >= 0.3 is 5.97 Å². The fraction of sp³-hybridized carbons (Fsp3) is 0.526. The predicted octanol–water partition coefficient (Wildman–Crippen LogP) is 1.21. The lowest BCUT2D eigenvalue weighted by atomic mass is 9.73. The van der Waals surface area contributed by atoms with Gasteiger partial charge in [-0.3, -0.25) is 9.59 Å². The third kappa shape index (κ3) is 2.58. The molecule has 7 heteroatoms. The van der Waals surface area contributed by atoms with Gasteiger partial charge in [-0.25, -0.2) is 4.98 Å². The highest BCUT2D eigenvalue weighted by atomic mass is 16.4. The van der Waals surface area contributed by atoms with Gasteiger partial charge in [0.2, 0.25) is 5.91 Å². The number of imidazole rings is 1. The monoisotopic (exact) mass is 356 g/mol. The first-order valence-corrected chi connectivity index (χ1v) is 9.02. The molecule has 0 unspecified atom stereocenters. The number of aromatic nitrogens is 2. The Morgan fingerprint density at radius 1 is 1.31 bits per heavy atom. The summed E-state index contributed by atoms with van der Waals surface area (Å²) in [5.41, 5.74) is 0.966. The summed E-state index contributed by atoms with van der Waals surface area (Å²) in [4.78, 5) is 33.3. The molecule has 2 atom stereocenters. The number of aliphatic carboxylic acids is 1. The third-order valence-electron chi connectivity index (χ3n) is 6.02. The van der Waals surface area contributed by atoms with E-state index in [2.05, 4.69) is 9.88 Å². The summed E-state index contributed by atoms with van der Waals surface area (Å²) in [5.74, 6) is 0.00663. The van der Waals surface area contributed by atoms with Crippen LogP contribution in [0.4, 0.5) is 0 Å². The van der Waals surface area contributed by atoms with E-state index in [1.807, 2.05) is 42.8 Å². The van der Waals surface area contributed by atoms with Gasteiger partial charge in [0, 0.05) is 19.6 Å². The molecule has 4 rings (SSSR count). The van der Waals surface area contributed by atoms with Crippen LogP contribution in [0.2, 0.25) is 0 Å². The molecule has 1 amide bonds. The maximum absolute atomic E-state index is 13.0. The number of carbonyl (C=O) groups excluding carboxylic acids is 1. The van der Waals surface area contributed by atoms with Gasteiger partial charge in [-0.1, -0.05) is 12.1 Å². The number of para-hydroxylation sites is 2. The fourth-order valence-corrected chi connectivity index (χ4v) is 4.59. The number of carbonyl (C=O) groups is 2. The van der Waals surface area contributed by atoms with E-state index in [1.54, 1.807) is 4.90 Å². The Hall–Kier alpha value is -2.41. The third-order valence-corrected chi connectivity index (χ3v) is 6.02. The Labute approximate surface area is 152 Å². The fourth-order valence-electron chi connectivity index (χ4n) is 4.59. The summed E-state index contributed by atoms with van der Waals surface area (Å²) < 4.78 is 1.92. The zero-order chi connectivity index (χ0) is 18.5. The lowest BCUT2D eigenvalue weighted by Crippen LogP contribution is -2.52. The summed E-state index contributed by atoms with van der Waals surface area (Å²) >= 11 is 0. The Morgan fingerprint density at radius 3 is 2.85 bits per heavy atom. The average Bonchev–Trinajstić information content (AvgIpc) is 3.14. The zero-order valence-electron chi connectivity index (χ0n) is 15.2. The number of hydrogen-bond donors (Lipinski definition) is 1. The number of fused-ring (bicyclic) bond motifs is 2. The normalized spacial score (nSPS) is 26.2. The number of aryl methyl sites for hydroxylation is 1. The summed E-state index contributed by atoms with van der Waals surface area (Å²) in [7, 11) is 1.95. The molecule has 0 aliphatic carbocycles. The van der Waals surface area contributed by atoms with E-state index in [0.717, 1.165) is 29.8 Å². The van der Waals surface area contributed by atoms with Gasteiger partial charge < -0.3 is 19.5 Å². The van der Waals surface area contributed by atoms with Crippen LogP contribution in [0.15, 0.2) is 24.3 Å². The van der Waals surface area contributed by atoms with Crippen molar-refractivity contribution in [2.75, 3.05) is 33.2 Å². The molecular weight excluding hydrogens is 332 g/mol. The van der Waals surface area contributed by atoms with E-state index in [1.165, 1.54) is 0 Å². The summed E-state index contributed by atoms with van der Waals surface area (Å²) in [6.45, 7) is 4.30. The van der Waals surface area contributed by atoms with Crippen molar-refractivity contribution in [1.29, 1.82) is 0 Å². The lowest BCUT2D eigenvalue weighted by molar-refractivity contribution is -0.154. The van der Waals surface area contributed by atoms with Gasteiger partial charge in [-0.15, -0.1) is 0 Å². The van der Waals surface area contributed by atoms with Crippen LogP contribution in [0.1, 0.15) is 12.2 Å². The summed E-state index contributed by atoms with van der Waals surface area (Å²) in [5, 5.41) is 9.88. The van der Waals surface area contributed by atoms with Crippen molar-refractivity contribution in [2.45, 2.75) is 19.9 Å². The van der Waals surface area contributed by atoms with E-state index in [4.69, 9.17) is 0 Å². The van der Waals surface area contributed by atoms with Gasteiger partial charge in [-0.05, 0) is 45.0 Å².